The summed E-state index contributed by atoms with van der Waals surface area (Å²) in [5.41, 5.74) is 11.9. The van der Waals surface area contributed by atoms with E-state index >= 15 is 0 Å². The van der Waals surface area contributed by atoms with Crippen LogP contribution >= 0.6 is 0 Å². The smallest absolute Gasteiger partial charge is 0.383 e. The van der Waals surface area contributed by atoms with E-state index in [2.05, 4.69) is 10.1 Å². The van der Waals surface area contributed by atoms with Crippen molar-refractivity contribution >= 4 is 11.7 Å². The topological polar surface area (TPSA) is 99.8 Å². The van der Waals surface area contributed by atoms with Crippen LogP contribution in [-0.4, -0.2) is 20.7 Å². The van der Waals surface area contributed by atoms with Gasteiger partial charge < -0.3 is 11.5 Å². The average molecular weight is 403 g/mol. The first kappa shape index (κ1) is 20.4. The SMILES string of the molecule is Cc1ccccc1-n1nc(C(C)(C)c2ccc(C(F)(F)F)cn2)c(C(N)=O)c1N. The highest BCUT2D eigenvalue weighted by molar-refractivity contribution is 5.99. The van der Waals surface area contributed by atoms with Gasteiger partial charge in [0.1, 0.15) is 11.4 Å². The Kier molecular flexibility index (Phi) is 4.86. The van der Waals surface area contributed by atoms with E-state index in [9.17, 15) is 18.0 Å². The van der Waals surface area contributed by atoms with Gasteiger partial charge in [-0.15, -0.1) is 0 Å². The minimum absolute atomic E-state index is 0.0138. The van der Waals surface area contributed by atoms with Crippen molar-refractivity contribution in [3.63, 3.8) is 0 Å². The van der Waals surface area contributed by atoms with Crippen LogP contribution in [0.2, 0.25) is 0 Å². The maximum absolute atomic E-state index is 12.9. The summed E-state index contributed by atoms with van der Waals surface area (Å²) >= 11 is 0. The van der Waals surface area contributed by atoms with Crippen molar-refractivity contribution in [3.05, 3.63) is 70.7 Å². The van der Waals surface area contributed by atoms with Crippen LogP contribution in [0.5, 0.6) is 0 Å². The first-order chi connectivity index (χ1) is 13.4. The molecular formula is C20H20F3N5O. The van der Waals surface area contributed by atoms with Gasteiger partial charge in [0.05, 0.1) is 28.1 Å². The second-order valence-corrected chi connectivity index (χ2v) is 7.23. The van der Waals surface area contributed by atoms with Crippen molar-refractivity contribution in [2.24, 2.45) is 5.73 Å². The number of para-hydroxylation sites is 1. The number of rotatable bonds is 4. The van der Waals surface area contributed by atoms with E-state index in [0.29, 0.717) is 11.4 Å². The van der Waals surface area contributed by atoms with Crippen LogP contribution in [0.15, 0.2) is 42.6 Å². The van der Waals surface area contributed by atoms with Crippen LogP contribution in [-0.2, 0) is 11.6 Å². The van der Waals surface area contributed by atoms with Crippen LogP contribution in [0.1, 0.15) is 46.7 Å². The first-order valence-corrected chi connectivity index (χ1v) is 8.73. The van der Waals surface area contributed by atoms with Gasteiger partial charge in [0.25, 0.3) is 5.91 Å². The molecule has 3 aromatic rings. The predicted molar refractivity (Wildman–Crippen MR) is 103 cm³/mol. The zero-order valence-electron chi connectivity index (χ0n) is 16.1. The molecule has 0 bridgehead atoms. The van der Waals surface area contributed by atoms with Crippen molar-refractivity contribution in [2.75, 3.05) is 5.73 Å². The van der Waals surface area contributed by atoms with Crippen molar-refractivity contribution in [1.29, 1.82) is 0 Å². The molecule has 0 radical (unpaired) electrons. The molecule has 1 aromatic carbocycles. The molecule has 29 heavy (non-hydrogen) atoms. The zero-order valence-corrected chi connectivity index (χ0v) is 16.1. The third-order valence-electron chi connectivity index (χ3n) is 4.83. The number of nitrogen functional groups attached to an aromatic ring is 1. The molecule has 152 valence electrons. The fraction of sp³-hybridized carbons (Fsp3) is 0.250. The summed E-state index contributed by atoms with van der Waals surface area (Å²) < 4.78 is 40.0. The molecule has 0 aliphatic rings. The summed E-state index contributed by atoms with van der Waals surface area (Å²) in [5.74, 6) is -0.723. The van der Waals surface area contributed by atoms with Gasteiger partial charge in [-0.2, -0.15) is 18.3 Å². The largest absolute Gasteiger partial charge is 0.417 e. The molecule has 6 nitrogen and oxygen atoms in total. The van der Waals surface area contributed by atoms with Crippen LogP contribution in [0.25, 0.3) is 5.69 Å². The van der Waals surface area contributed by atoms with Crippen LogP contribution in [0, 0.1) is 6.92 Å². The summed E-state index contributed by atoms with van der Waals surface area (Å²) in [4.78, 5) is 16.1. The number of benzene rings is 1. The predicted octanol–water partition coefficient (Wildman–Crippen LogP) is 3.60. The molecule has 1 amide bonds. The number of primary amides is 1. The van der Waals surface area contributed by atoms with Gasteiger partial charge >= 0.3 is 6.18 Å². The quantitative estimate of drug-likeness (QED) is 0.695. The molecule has 9 heteroatoms. The molecule has 0 spiro atoms. The van der Waals surface area contributed by atoms with Gasteiger partial charge in [0.15, 0.2) is 0 Å². The van der Waals surface area contributed by atoms with E-state index in [0.717, 1.165) is 17.8 Å². The summed E-state index contributed by atoms with van der Waals surface area (Å²) in [6.07, 6.45) is -3.74. The number of nitrogens with zero attached hydrogens (tertiary/aromatic N) is 3. The number of carbonyl (C=O) groups is 1. The molecule has 0 saturated heterocycles. The lowest BCUT2D eigenvalue weighted by Crippen LogP contribution is -2.26. The molecular weight excluding hydrogens is 383 g/mol. The van der Waals surface area contributed by atoms with E-state index < -0.39 is 23.1 Å². The lowest BCUT2D eigenvalue weighted by molar-refractivity contribution is -0.137. The van der Waals surface area contributed by atoms with E-state index in [1.807, 2.05) is 19.1 Å². The summed E-state index contributed by atoms with van der Waals surface area (Å²) in [6, 6.07) is 9.51. The normalized spacial score (nSPS) is 12.2. The maximum atomic E-state index is 12.9. The standard InChI is InChI=1S/C20H20F3N5O/c1-11-6-4-5-7-13(11)28-17(24)15(18(25)29)16(27-28)19(2,3)14-9-8-12(10-26-14)20(21,22)23/h4-10H,24H2,1-3H3,(H2,25,29). The third-order valence-corrected chi connectivity index (χ3v) is 4.83. The van der Waals surface area contributed by atoms with E-state index in [1.165, 1.54) is 10.7 Å². The molecule has 0 aliphatic carbocycles. The summed E-state index contributed by atoms with van der Waals surface area (Å²) in [6.45, 7) is 5.25. The number of hydrogen-bond acceptors (Lipinski definition) is 4. The Morgan fingerprint density at radius 3 is 2.28 bits per heavy atom. The average Bonchev–Trinajstić information content (AvgIpc) is 2.99. The molecule has 4 N–H and O–H groups in total. The fourth-order valence-electron chi connectivity index (χ4n) is 3.15. The number of anilines is 1. The number of aryl methyl sites for hydroxylation is 1. The lowest BCUT2D eigenvalue weighted by Gasteiger charge is -2.23. The van der Waals surface area contributed by atoms with Crippen molar-refractivity contribution < 1.29 is 18.0 Å². The van der Waals surface area contributed by atoms with Crippen molar-refractivity contribution in [1.82, 2.24) is 14.8 Å². The van der Waals surface area contributed by atoms with E-state index in [4.69, 9.17) is 11.5 Å². The molecule has 0 atom stereocenters. The first-order valence-electron chi connectivity index (χ1n) is 8.73. The summed E-state index contributed by atoms with van der Waals surface area (Å²) in [5, 5.41) is 4.51. The van der Waals surface area contributed by atoms with Gasteiger partial charge in [-0.1, -0.05) is 18.2 Å². The number of amides is 1. The molecule has 2 aromatic heterocycles. The minimum Gasteiger partial charge on any atom is -0.383 e. The van der Waals surface area contributed by atoms with Gasteiger partial charge in [-0.3, -0.25) is 9.78 Å². The Morgan fingerprint density at radius 1 is 1.10 bits per heavy atom. The Balaban J connectivity index is 2.18. The molecule has 0 aliphatic heterocycles. The highest BCUT2D eigenvalue weighted by atomic mass is 19.4. The Hall–Kier alpha value is -3.36. The van der Waals surface area contributed by atoms with Gasteiger partial charge in [-0.05, 0) is 44.5 Å². The highest BCUT2D eigenvalue weighted by Gasteiger charge is 2.36. The van der Waals surface area contributed by atoms with Gasteiger partial charge in [0, 0.05) is 6.20 Å². The maximum Gasteiger partial charge on any atom is 0.417 e. The fourth-order valence-corrected chi connectivity index (χ4v) is 3.15. The van der Waals surface area contributed by atoms with Crippen LogP contribution < -0.4 is 11.5 Å². The van der Waals surface area contributed by atoms with Gasteiger partial charge in [0.2, 0.25) is 0 Å². The number of pyridine rings is 1. The Bertz CT molecular complexity index is 1070. The van der Waals surface area contributed by atoms with E-state index in [-0.39, 0.29) is 17.1 Å². The molecule has 3 rings (SSSR count). The number of aromatic nitrogens is 3. The number of alkyl halides is 3. The zero-order chi connectivity index (χ0) is 21.6. The Labute approximate surface area is 165 Å². The molecule has 0 saturated carbocycles. The number of carbonyl (C=O) groups excluding carboxylic acids is 1. The van der Waals surface area contributed by atoms with E-state index in [1.54, 1.807) is 26.0 Å². The monoisotopic (exact) mass is 403 g/mol. The minimum atomic E-state index is -4.50. The highest BCUT2D eigenvalue weighted by Crippen LogP contribution is 2.36. The van der Waals surface area contributed by atoms with Crippen molar-refractivity contribution in [2.45, 2.75) is 32.4 Å². The van der Waals surface area contributed by atoms with Crippen molar-refractivity contribution in [3.8, 4) is 5.69 Å². The second kappa shape index (κ2) is 6.91. The number of halogens is 3. The van der Waals surface area contributed by atoms with Crippen LogP contribution in [0.4, 0.5) is 19.0 Å². The molecule has 0 unspecified atom stereocenters. The van der Waals surface area contributed by atoms with Crippen LogP contribution in [0.3, 0.4) is 0 Å². The molecule has 0 fully saturated rings. The molecule has 2 heterocycles. The number of nitrogens with two attached hydrogens (primary N) is 2. The number of hydrogen-bond donors (Lipinski definition) is 2. The lowest BCUT2D eigenvalue weighted by atomic mass is 9.82. The summed E-state index contributed by atoms with van der Waals surface area (Å²) in [7, 11) is 0. The Morgan fingerprint density at radius 2 is 1.76 bits per heavy atom. The third kappa shape index (κ3) is 3.55. The van der Waals surface area contributed by atoms with Gasteiger partial charge in [-0.25, -0.2) is 4.68 Å². The second-order valence-electron chi connectivity index (χ2n) is 7.23.